The molecule has 0 fully saturated rings. The molecule has 1 N–H and O–H groups in total. The summed E-state index contributed by atoms with van der Waals surface area (Å²) in [5, 5.41) is 5.99. The van der Waals surface area contributed by atoms with Crippen LogP contribution in [0.2, 0.25) is 0 Å². The number of nitrogens with one attached hydrogen (secondary N) is 1. The highest BCUT2D eigenvalue weighted by molar-refractivity contribution is 5.87. The van der Waals surface area contributed by atoms with E-state index in [1.807, 2.05) is 0 Å². The molecule has 0 radical (unpaired) electrons. The standard InChI is InChI=1S/C18H25NO/c1-3-5-8-13-20-18-12-11-15-9-6-7-10-16(15)17(18)14-19-4-2/h6-7,9-12,19H,3-5,8,13-14H2,1-2H3. The van der Waals surface area contributed by atoms with Crippen LogP contribution < -0.4 is 10.1 Å². The average Bonchev–Trinajstić information content (AvgIpc) is 2.50. The molecule has 2 rings (SSSR count). The second kappa shape index (κ2) is 7.91. The first-order valence-corrected chi connectivity index (χ1v) is 7.71. The molecular formula is C18H25NO. The maximum Gasteiger partial charge on any atom is 0.124 e. The SMILES string of the molecule is CCCCCOc1ccc2ccccc2c1CNCC. The first-order valence-electron chi connectivity index (χ1n) is 7.71. The summed E-state index contributed by atoms with van der Waals surface area (Å²) in [7, 11) is 0. The molecule has 2 nitrogen and oxygen atoms in total. The normalized spacial score (nSPS) is 10.9. The molecule has 0 heterocycles. The molecule has 0 saturated heterocycles. The molecule has 0 atom stereocenters. The van der Waals surface area contributed by atoms with E-state index >= 15 is 0 Å². The molecule has 0 aliphatic rings. The Morgan fingerprint density at radius 1 is 1.00 bits per heavy atom. The summed E-state index contributed by atoms with van der Waals surface area (Å²) in [5.41, 5.74) is 1.28. The monoisotopic (exact) mass is 271 g/mol. The van der Waals surface area contributed by atoms with E-state index in [0.717, 1.165) is 31.9 Å². The summed E-state index contributed by atoms with van der Waals surface area (Å²) in [6.07, 6.45) is 3.59. The molecule has 0 bridgehead atoms. The van der Waals surface area contributed by atoms with Crippen LogP contribution in [-0.2, 0) is 6.54 Å². The Bertz CT molecular complexity index is 536. The first kappa shape index (κ1) is 14.9. The number of hydrogen-bond donors (Lipinski definition) is 1. The lowest BCUT2D eigenvalue weighted by atomic mass is 10.0. The molecule has 0 aromatic heterocycles. The minimum atomic E-state index is 0.811. The third-order valence-electron chi connectivity index (χ3n) is 3.55. The lowest BCUT2D eigenvalue weighted by Gasteiger charge is -2.14. The van der Waals surface area contributed by atoms with Crippen LogP contribution in [0.15, 0.2) is 36.4 Å². The highest BCUT2D eigenvalue weighted by Gasteiger charge is 2.08. The van der Waals surface area contributed by atoms with E-state index < -0.39 is 0 Å². The molecule has 20 heavy (non-hydrogen) atoms. The Balaban J connectivity index is 2.22. The summed E-state index contributed by atoms with van der Waals surface area (Å²) in [4.78, 5) is 0. The summed E-state index contributed by atoms with van der Waals surface area (Å²) in [5.74, 6) is 1.03. The van der Waals surface area contributed by atoms with Gasteiger partial charge in [-0.3, -0.25) is 0 Å². The molecule has 0 saturated carbocycles. The van der Waals surface area contributed by atoms with E-state index in [9.17, 15) is 0 Å². The summed E-state index contributed by atoms with van der Waals surface area (Å²) >= 11 is 0. The second-order valence-corrected chi connectivity index (χ2v) is 5.10. The van der Waals surface area contributed by atoms with Gasteiger partial charge in [0, 0.05) is 12.1 Å². The van der Waals surface area contributed by atoms with Gasteiger partial charge in [0.2, 0.25) is 0 Å². The van der Waals surface area contributed by atoms with Crippen molar-refractivity contribution in [2.24, 2.45) is 0 Å². The van der Waals surface area contributed by atoms with Gasteiger partial charge in [0.25, 0.3) is 0 Å². The quantitative estimate of drug-likeness (QED) is 0.713. The van der Waals surface area contributed by atoms with Gasteiger partial charge in [0.05, 0.1) is 6.61 Å². The zero-order chi connectivity index (χ0) is 14.2. The molecule has 2 aromatic carbocycles. The number of unbranched alkanes of at least 4 members (excludes halogenated alkanes) is 2. The van der Waals surface area contributed by atoms with Gasteiger partial charge in [-0.25, -0.2) is 0 Å². The van der Waals surface area contributed by atoms with Crippen LogP contribution in [0.5, 0.6) is 5.75 Å². The number of benzene rings is 2. The number of rotatable bonds is 8. The highest BCUT2D eigenvalue weighted by atomic mass is 16.5. The maximum atomic E-state index is 6.00. The summed E-state index contributed by atoms with van der Waals surface area (Å²) in [6.45, 7) is 6.99. The van der Waals surface area contributed by atoms with E-state index in [1.165, 1.54) is 29.2 Å². The van der Waals surface area contributed by atoms with Gasteiger partial charge < -0.3 is 10.1 Å². The van der Waals surface area contributed by atoms with Crippen LogP contribution >= 0.6 is 0 Å². The van der Waals surface area contributed by atoms with Crippen molar-refractivity contribution in [3.05, 3.63) is 42.0 Å². The van der Waals surface area contributed by atoms with Crippen molar-refractivity contribution >= 4 is 10.8 Å². The Hall–Kier alpha value is -1.54. The zero-order valence-electron chi connectivity index (χ0n) is 12.6. The van der Waals surface area contributed by atoms with Gasteiger partial charge in [0.15, 0.2) is 0 Å². The lowest BCUT2D eigenvalue weighted by molar-refractivity contribution is 0.303. The third-order valence-corrected chi connectivity index (χ3v) is 3.55. The zero-order valence-corrected chi connectivity index (χ0v) is 12.6. The van der Waals surface area contributed by atoms with Gasteiger partial charge >= 0.3 is 0 Å². The van der Waals surface area contributed by atoms with Crippen LogP contribution in [-0.4, -0.2) is 13.2 Å². The van der Waals surface area contributed by atoms with Crippen LogP contribution in [0.1, 0.15) is 38.7 Å². The lowest BCUT2D eigenvalue weighted by Crippen LogP contribution is -2.13. The fourth-order valence-corrected chi connectivity index (χ4v) is 2.42. The molecule has 108 valence electrons. The van der Waals surface area contributed by atoms with Gasteiger partial charge in [-0.1, -0.05) is 57.0 Å². The highest BCUT2D eigenvalue weighted by Crippen LogP contribution is 2.28. The van der Waals surface area contributed by atoms with E-state index in [1.54, 1.807) is 0 Å². The van der Waals surface area contributed by atoms with Crippen molar-refractivity contribution in [1.82, 2.24) is 5.32 Å². The van der Waals surface area contributed by atoms with Crippen LogP contribution in [0, 0.1) is 0 Å². The van der Waals surface area contributed by atoms with Crippen molar-refractivity contribution in [3.8, 4) is 5.75 Å². The van der Waals surface area contributed by atoms with E-state index in [0.29, 0.717) is 0 Å². The Kier molecular flexibility index (Phi) is 5.87. The van der Waals surface area contributed by atoms with Crippen LogP contribution in [0.4, 0.5) is 0 Å². The fourth-order valence-electron chi connectivity index (χ4n) is 2.42. The van der Waals surface area contributed by atoms with E-state index in [-0.39, 0.29) is 0 Å². The maximum absolute atomic E-state index is 6.00. The molecule has 2 heteroatoms. The number of fused-ring (bicyclic) bond motifs is 1. The predicted molar refractivity (Wildman–Crippen MR) is 86.3 cm³/mol. The number of ether oxygens (including phenoxy) is 1. The summed E-state index contributed by atoms with van der Waals surface area (Å²) in [6, 6.07) is 12.8. The molecule has 0 aliphatic heterocycles. The van der Waals surface area contributed by atoms with Crippen molar-refractivity contribution in [2.75, 3.05) is 13.2 Å². The van der Waals surface area contributed by atoms with E-state index in [2.05, 4.69) is 55.6 Å². The molecule has 0 unspecified atom stereocenters. The fraction of sp³-hybridized carbons (Fsp3) is 0.444. The molecule has 0 spiro atoms. The largest absolute Gasteiger partial charge is 0.493 e. The minimum absolute atomic E-state index is 0.811. The van der Waals surface area contributed by atoms with Crippen LogP contribution in [0.25, 0.3) is 10.8 Å². The van der Waals surface area contributed by atoms with Crippen molar-refractivity contribution < 1.29 is 4.74 Å². The smallest absolute Gasteiger partial charge is 0.124 e. The predicted octanol–water partition coefficient (Wildman–Crippen LogP) is 4.52. The van der Waals surface area contributed by atoms with Gasteiger partial charge in [-0.2, -0.15) is 0 Å². The number of hydrogen-bond acceptors (Lipinski definition) is 2. The van der Waals surface area contributed by atoms with E-state index in [4.69, 9.17) is 4.74 Å². The minimum Gasteiger partial charge on any atom is -0.493 e. The Labute approximate surface area is 122 Å². The average molecular weight is 271 g/mol. The molecule has 0 aliphatic carbocycles. The van der Waals surface area contributed by atoms with Crippen LogP contribution in [0.3, 0.4) is 0 Å². The van der Waals surface area contributed by atoms with Crippen molar-refractivity contribution in [2.45, 2.75) is 39.7 Å². The molecule has 2 aromatic rings. The second-order valence-electron chi connectivity index (χ2n) is 5.10. The van der Waals surface area contributed by atoms with Crippen molar-refractivity contribution in [1.29, 1.82) is 0 Å². The molecular weight excluding hydrogens is 246 g/mol. The van der Waals surface area contributed by atoms with Crippen molar-refractivity contribution in [3.63, 3.8) is 0 Å². The summed E-state index contributed by atoms with van der Waals surface area (Å²) < 4.78 is 6.00. The Morgan fingerprint density at radius 3 is 2.65 bits per heavy atom. The Morgan fingerprint density at radius 2 is 1.85 bits per heavy atom. The first-order chi connectivity index (χ1) is 9.86. The van der Waals surface area contributed by atoms with Gasteiger partial charge in [-0.15, -0.1) is 0 Å². The van der Waals surface area contributed by atoms with Gasteiger partial charge in [0.1, 0.15) is 5.75 Å². The molecule has 0 amide bonds. The topological polar surface area (TPSA) is 21.3 Å². The van der Waals surface area contributed by atoms with Gasteiger partial charge in [-0.05, 0) is 29.8 Å². The third kappa shape index (κ3) is 3.73.